The highest BCUT2D eigenvalue weighted by Gasteiger charge is 2.15. The molecule has 3 aromatic rings. The quantitative estimate of drug-likeness (QED) is 0.503. The number of aromatic nitrogens is 4. The Morgan fingerprint density at radius 1 is 1.12 bits per heavy atom. The fourth-order valence-corrected chi connectivity index (χ4v) is 3.40. The number of benzene rings is 1. The van der Waals surface area contributed by atoms with Crippen molar-refractivity contribution in [3.05, 3.63) is 57.1 Å². The summed E-state index contributed by atoms with van der Waals surface area (Å²) in [5, 5.41) is 7.13. The molecule has 10 nitrogen and oxygen atoms in total. The molecule has 10 heteroatoms. The van der Waals surface area contributed by atoms with E-state index in [1.54, 1.807) is 38.1 Å². The SMILES string of the molecule is CCc1c(C)nc(-n2nc(C)cc2NC(=O)C=Cc2cc(OC)c(OC)c(OC)c2)[nH]c1=O. The number of carbonyl (C=O) groups excluding carboxylic acids is 1. The number of hydrogen-bond donors (Lipinski definition) is 2. The minimum Gasteiger partial charge on any atom is -0.493 e. The van der Waals surface area contributed by atoms with Gasteiger partial charge in [0.05, 0.1) is 27.0 Å². The number of amides is 1. The van der Waals surface area contributed by atoms with Crippen molar-refractivity contribution in [2.75, 3.05) is 26.6 Å². The molecule has 2 aromatic heterocycles. The predicted molar refractivity (Wildman–Crippen MR) is 125 cm³/mol. The second-order valence-corrected chi connectivity index (χ2v) is 7.17. The van der Waals surface area contributed by atoms with Gasteiger partial charge in [-0.3, -0.25) is 14.6 Å². The molecule has 0 atom stereocenters. The van der Waals surface area contributed by atoms with E-state index in [2.05, 4.69) is 20.4 Å². The van der Waals surface area contributed by atoms with Gasteiger partial charge in [0, 0.05) is 23.4 Å². The number of nitrogens with zero attached hydrogens (tertiary/aromatic N) is 3. The third-order valence-corrected chi connectivity index (χ3v) is 4.96. The van der Waals surface area contributed by atoms with Crippen LogP contribution in [0.1, 0.15) is 29.4 Å². The molecule has 0 saturated carbocycles. The Labute approximate surface area is 191 Å². The van der Waals surface area contributed by atoms with Gasteiger partial charge in [-0.1, -0.05) is 6.92 Å². The van der Waals surface area contributed by atoms with Crippen molar-refractivity contribution in [2.45, 2.75) is 27.2 Å². The molecule has 33 heavy (non-hydrogen) atoms. The van der Waals surface area contributed by atoms with Gasteiger partial charge in [0.15, 0.2) is 11.5 Å². The van der Waals surface area contributed by atoms with E-state index in [1.807, 2.05) is 6.92 Å². The van der Waals surface area contributed by atoms with Crippen molar-refractivity contribution < 1.29 is 19.0 Å². The predicted octanol–water partition coefficient (Wildman–Crippen LogP) is 2.81. The number of anilines is 1. The van der Waals surface area contributed by atoms with Crippen molar-refractivity contribution >= 4 is 17.8 Å². The molecule has 0 radical (unpaired) electrons. The van der Waals surface area contributed by atoms with E-state index >= 15 is 0 Å². The zero-order valence-corrected chi connectivity index (χ0v) is 19.5. The van der Waals surface area contributed by atoms with E-state index in [0.717, 1.165) is 0 Å². The van der Waals surface area contributed by atoms with Crippen LogP contribution in [-0.2, 0) is 11.2 Å². The first-order valence-corrected chi connectivity index (χ1v) is 10.3. The first-order valence-electron chi connectivity index (χ1n) is 10.3. The van der Waals surface area contributed by atoms with E-state index in [9.17, 15) is 9.59 Å². The summed E-state index contributed by atoms with van der Waals surface area (Å²) in [6, 6.07) is 5.15. The van der Waals surface area contributed by atoms with Gasteiger partial charge in [0.2, 0.25) is 17.6 Å². The Hall–Kier alpha value is -4.08. The summed E-state index contributed by atoms with van der Waals surface area (Å²) in [6.45, 7) is 5.44. The number of aryl methyl sites for hydroxylation is 2. The summed E-state index contributed by atoms with van der Waals surface area (Å²) in [5.74, 6) is 1.63. The maximum Gasteiger partial charge on any atom is 0.255 e. The first-order chi connectivity index (χ1) is 15.8. The second-order valence-electron chi connectivity index (χ2n) is 7.17. The van der Waals surface area contributed by atoms with Gasteiger partial charge >= 0.3 is 0 Å². The minimum absolute atomic E-state index is 0.228. The summed E-state index contributed by atoms with van der Waals surface area (Å²) < 4.78 is 17.4. The number of methoxy groups -OCH3 is 3. The van der Waals surface area contributed by atoms with Crippen molar-refractivity contribution in [3.63, 3.8) is 0 Å². The molecule has 3 rings (SSSR count). The number of nitrogens with one attached hydrogen (secondary N) is 2. The maximum atomic E-state index is 12.6. The van der Waals surface area contributed by atoms with Crippen molar-refractivity contribution in [2.24, 2.45) is 0 Å². The zero-order valence-electron chi connectivity index (χ0n) is 19.5. The molecule has 2 N–H and O–H groups in total. The lowest BCUT2D eigenvalue weighted by Crippen LogP contribution is -2.21. The Bertz CT molecular complexity index is 1230. The lowest BCUT2D eigenvalue weighted by molar-refractivity contribution is -0.111. The lowest BCUT2D eigenvalue weighted by Gasteiger charge is -2.12. The molecule has 1 amide bonds. The third kappa shape index (κ3) is 5.05. The van der Waals surface area contributed by atoms with Gasteiger partial charge < -0.3 is 19.5 Å². The van der Waals surface area contributed by atoms with Crippen molar-refractivity contribution in [1.29, 1.82) is 0 Å². The van der Waals surface area contributed by atoms with Crippen LogP contribution in [0.4, 0.5) is 5.82 Å². The van der Waals surface area contributed by atoms with Crippen LogP contribution in [0.5, 0.6) is 17.2 Å². The third-order valence-electron chi connectivity index (χ3n) is 4.96. The maximum absolute atomic E-state index is 12.6. The van der Waals surface area contributed by atoms with E-state index in [0.29, 0.717) is 52.0 Å². The van der Waals surface area contributed by atoms with Gasteiger partial charge in [-0.15, -0.1) is 0 Å². The average molecular weight is 453 g/mol. The Morgan fingerprint density at radius 3 is 2.33 bits per heavy atom. The van der Waals surface area contributed by atoms with Gasteiger partial charge in [-0.25, -0.2) is 4.98 Å². The second kappa shape index (κ2) is 10.0. The van der Waals surface area contributed by atoms with Crippen LogP contribution < -0.4 is 25.1 Å². The van der Waals surface area contributed by atoms with Crippen LogP contribution in [0.2, 0.25) is 0 Å². The van der Waals surface area contributed by atoms with Gasteiger partial charge in [-0.2, -0.15) is 9.78 Å². The van der Waals surface area contributed by atoms with Crippen molar-refractivity contribution in [3.8, 4) is 23.2 Å². The summed E-state index contributed by atoms with van der Waals surface area (Å²) in [5.41, 5.74) is 2.33. The smallest absolute Gasteiger partial charge is 0.255 e. The molecule has 0 saturated heterocycles. The molecule has 0 aliphatic rings. The largest absolute Gasteiger partial charge is 0.493 e. The summed E-state index contributed by atoms with van der Waals surface area (Å²) in [4.78, 5) is 32.1. The van der Waals surface area contributed by atoms with Crippen LogP contribution in [0, 0.1) is 13.8 Å². The molecule has 0 aliphatic heterocycles. The summed E-state index contributed by atoms with van der Waals surface area (Å²) >= 11 is 0. The van der Waals surface area contributed by atoms with E-state index < -0.39 is 5.91 Å². The lowest BCUT2D eigenvalue weighted by atomic mass is 10.1. The highest BCUT2D eigenvalue weighted by molar-refractivity contribution is 6.01. The molecule has 1 aromatic carbocycles. The molecular weight excluding hydrogens is 426 g/mol. The minimum atomic E-state index is -0.394. The van der Waals surface area contributed by atoms with Crippen LogP contribution in [0.15, 0.2) is 29.1 Å². The van der Waals surface area contributed by atoms with Crippen LogP contribution >= 0.6 is 0 Å². The monoisotopic (exact) mass is 453 g/mol. The normalized spacial score (nSPS) is 11.0. The molecule has 0 bridgehead atoms. The first kappa shape index (κ1) is 23.6. The number of rotatable bonds is 8. The molecule has 174 valence electrons. The van der Waals surface area contributed by atoms with Gasteiger partial charge in [-0.05, 0) is 44.0 Å². The Balaban J connectivity index is 1.87. The van der Waals surface area contributed by atoms with E-state index in [1.165, 1.54) is 32.1 Å². The molecule has 0 unspecified atom stereocenters. The number of ether oxygens (including phenoxy) is 3. The fourth-order valence-electron chi connectivity index (χ4n) is 3.40. The zero-order chi connectivity index (χ0) is 24.1. The number of H-pyrrole nitrogens is 1. The average Bonchev–Trinajstić information content (AvgIpc) is 3.16. The molecule has 0 fully saturated rings. The van der Waals surface area contributed by atoms with E-state index in [4.69, 9.17) is 14.2 Å². The summed E-state index contributed by atoms with van der Waals surface area (Å²) in [6.07, 6.45) is 3.56. The molecule has 2 heterocycles. The topological polar surface area (TPSA) is 120 Å². The highest BCUT2D eigenvalue weighted by Crippen LogP contribution is 2.38. The molecular formula is C23H27N5O5. The Morgan fingerprint density at radius 2 is 1.79 bits per heavy atom. The number of carbonyl (C=O) groups is 1. The molecule has 0 aliphatic carbocycles. The van der Waals surface area contributed by atoms with E-state index in [-0.39, 0.29) is 11.5 Å². The summed E-state index contributed by atoms with van der Waals surface area (Å²) in [7, 11) is 4.57. The van der Waals surface area contributed by atoms with Crippen LogP contribution in [0.25, 0.3) is 12.0 Å². The van der Waals surface area contributed by atoms with Crippen molar-refractivity contribution in [1.82, 2.24) is 19.7 Å². The number of aromatic amines is 1. The molecule has 0 spiro atoms. The standard InChI is InChI=1S/C23H27N5O5/c1-7-16-14(3)24-23(26-22(16)30)28-19(10-13(2)27-28)25-20(29)9-8-15-11-17(31-4)21(33-6)18(12-15)32-5/h8-12H,7H2,1-6H3,(H,25,29)(H,24,26,30). The highest BCUT2D eigenvalue weighted by atomic mass is 16.5. The number of hydrogen-bond acceptors (Lipinski definition) is 7. The van der Waals surface area contributed by atoms with Gasteiger partial charge in [0.25, 0.3) is 5.56 Å². The van der Waals surface area contributed by atoms with Gasteiger partial charge in [0.1, 0.15) is 5.82 Å². The Kier molecular flexibility index (Phi) is 7.17. The fraction of sp³-hybridized carbons (Fsp3) is 0.304. The van der Waals surface area contributed by atoms with Crippen LogP contribution in [0.3, 0.4) is 0 Å². The van der Waals surface area contributed by atoms with Crippen LogP contribution in [-0.4, -0.2) is 47.0 Å².